The van der Waals surface area contributed by atoms with Crippen LogP contribution >= 0.6 is 11.8 Å². The van der Waals surface area contributed by atoms with Gasteiger partial charge < -0.3 is 14.5 Å². The predicted octanol–water partition coefficient (Wildman–Crippen LogP) is 3.27. The highest BCUT2D eigenvalue weighted by atomic mass is 32.2. The fourth-order valence-electron chi connectivity index (χ4n) is 2.38. The van der Waals surface area contributed by atoms with Gasteiger partial charge in [-0.1, -0.05) is 12.1 Å². The maximum atomic E-state index is 12.4. The zero-order chi connectivity index (χ0) is 18.7. The lowest BCUT2D eigenvalue weighted by atomic mass is 10.3. The fraction of sp³-hybridized carbons (Fsp3) is 0.167. The number of aryl methyl sites for hydroxylation is 1. The SMILES string of the molecule is COc1ccccc1NC(=O)CN1C(=O)S/C(=C\c2ccc(C)o2)C1=O. The zero-order valence-electron chi connectivity index (χ0n) is 14.1. The Bertz CT molecular complexity index is 902. The molecule has 1 fully saturated rings. The van der Waals surface area contributed by atoms with Crippen LogP contribution in [0.15, 0.2) is 45.7 Å². The molecule has 1 aliphatic rings. The summed E-state index contributed by atoms with van der Waals surface area (Å²) in [5, 5.41) is 2.14. The third kappa shape index (κ3) is 3.80. The van der Waals surface area contributed by atoms with Gasteiger partial charge in [0.05, 0.1) is 17.7 Å². The van der Waals surface area contributed by atoms with Gasteiger partial charge >= 0.3 is 0 Å². The first-order valence-electron chi connectivity index (χ1n) is 7.72. The van der Waals surface area contributed by atoms with Gasteiger partial charge in [-0.05, 0) is 43.0 Å². The summed E-state index contributed by atoms with van der Waals surface area (Å²) < 4.78 is 10.5. The van der Waals surface area contributed by atoms with E-state index < -0.39 is 17.1 Å². The number of rotatable bonds is 5. The zero-order valence-corrected chi connectivity index (χ0v) is 15.0. The second kappa shape index (κ2) is 7.49. The molecule has 7 nitrogen and oxygen atoms in total. The van der Waals surface area contributed by atoms with Gasteiger partial charge in [-0.15, -0.1) is 0 Å². The Morgan fingerprint density at radius 3 is 2.73 bits per heavy atom. The van der Waals surface area contributed by atoms with E-state index in [-0.39, 0.29) is 11.4 Å². The molecule has 1 saturated heterocycles. The molecule has 0 aliphatic carbocycles. The van der Waals surface area contributed by atoms with Crippen molar-refractivity contribution in [1.29, 1.82) is 0 Å². The van der Waals surface area contributed by atoms with E-state index >= 15 is 0 Å². The summed E-state index contributed by atoms with van der Waals surface area (Å²) >= 11 is 0.776. The largest absolute Gasteiger partial charge is 0.495 e. The molecule has 3 rings (SSSR count). The summed E-state index contributed by atoms with van der Waals surface area (Å²) in [5.41, 5.74) is 0.466. The molecule has 0 bridgehead atoms. The Kier molecular flexibility index (Phi) is 5.13. The molecule has 2 aromatic rings. The van der Waals surface area contributed by atoms with Crippen molar-refractivity contribution in [3.05, 3.63) is 52.8 Å². The van der Waals surface area contributed by atoms with Gasteiger partial charge in [0.1, 0.15) is 23.8 Å². The highest BCUT2D eigenvalue weighted by molar-refractivity contribution is 8.18. The van der Waals surface area contributed by atoms with Crippen LogP contribution in [-0.4, -0.2) is 35.6 Å². The van der Waals surface area contributed by atoms with E-state index in [0.717, 1.165) is 16.7 Å². The number of carbonyl (C=O) groups is 3. The third-order valence-electron chi connectivity index (χ3n) is 3.59. The summed E-state index contributed by atoms with van der Waals surface area (Å²) in [5.74, 6) is 0.650. The van der Waals surface area contributed by atoms with Crippen LogP contribution in [-0.2, 0) is 9.59 Å². The lowest BCUT2D eigenvalue weighted by molar-refractivity contribution is -0.127. The number of hydrogen-bond donors (Lipinski definition) is 1. The maximum absolute atomic E-state index is 12.4. The summed E-state index contributed by atoms with van der Waals surface area (Å²) in [6.45, 7) is 1.41. The van der Waals surface area contributed by atoms with Crippen LogP contribution in [0, 0.1) is 6.92 Å². The van der Waals surface area contributed by atoms with E-state index in [9.17, 15) is 14.4 Å². The summed E-state index contributed by atoms with van der Waals surface area (Å²) in [6.07, 6.45) is 1.50. The molecule has 0 unspecified atom stereocenters. The van der Waals surface area contributed by atoms with Crippen molar-refractivity contribution in [3.8, 4) is 5.75 Å². The standard InChI is InChI=1S/C18H16N2O5S/c1-11-7-8-12(25-11)9-15-17(22)20(18(23)26-15)10-16(21)19-13-5-3-4-6-14(13)24-2/h3-9H,10H2,1-2H3,(H,19,21)/b15-9-. The molecular weight excluding hydrogens is 356 g/mol. The number of hydrogen-bond acceptors (Lipinski definition) is 6. The molecule has 8 heteroatoms. The number of carbonyl (C=O) groups excluding carboxylic acids is 3. The topological polar surface area (TPSA) is 88.8 Å². The average molecular weight is 372 g/mol. The number of nitrogens with zero attached hydrogens (tertiary/aromatic N) is 1. The minimum absolute atomic E-state index is 0.217. The molecule has 134 valence electrons. The van der Waals surface area contributed by atoms with E-state index in [1.54, 1.807) is 43.3 Å². The summed E-state index contributed by atoms with van der Waals surface area (Å²) in [6, 6.07) is 10.3. The van der Waals surface area contributed by atoms with Crippen LogP contribution in [0.3, 0.4) is 0 Å². The molecule has 1 aromatic heterocycles. The highest BCUT2D eigenvalue weighted by Crippen LogP contribution is 2.32. The Morgan fingerprint density at radius 2 is 2.04 bits per heavy atom. The summed E-state index contributed by atoms with van der Waals surface area (Å²) in [4.78, 5) is 37.9. The Hall–Kier alpha value is -3.00. The molecular formula is C18H16N2O5S. The Labute approximate surface area is 154 Å². The molecule has 26 heavy (non-hydrogen) atoms. The molecule has 0 saturated carbocycles. The van der Waals surface area contributed by atoms with Gasteiger partial charge in [0.2, 0.25) is 5.91 Å². The smallest absolute Gasteiger partial charge is 0.294 e. The second-order valence-corrected chi connectivity index (χ2v) is 6.46. The maximum Gasteiger partial charge on any atom is 0.294 e. The number of para-hydroxylation sites is 2. The average Bonchev–Trinajstić information content (AvgIpc) is 3.13. The van der Waals surface area contributed by atoms with Gasteiger partial charge in [0, 0.05) is 6.08 Å². The first-order valence-corrected chi connectivity index (χ1v) is 8.54. The van der Waals surface area contributed by atoms with Crippen LogP contribution in [0.5, 0.6) is 5.75 Å². The number of furan rings is 1. The molecule has 1 aliphatic heterocycles. The molecule has 1 N–H and O–H groups in total. The van der Waals surface area contributed by atoms with E-state index in [4.69, 9.17) is 9.15 Å². The van der Waals surface area contributed by atoms with E-state index in [0.29, 0.717) is 23.0 Å². The monoisotopic (exact) mass is 372 g/mol. The molecule has 3 amide bonds. The molecule has 0 spiro atoms. The van der Waals surface area contributed by atoms with Crippen molar-refractivity contribution in [3.63, 3.8) is 0 Å². The minimum Gasteiger partial charge on any atom is -0.495 e. The van der Waals surface area contributed by atoms with Crippen molar-refractivity contribution in [2.24, 2.45) is 0 Å². The number of anilines is 1. The number of ether oxygens (including phenoxy) is 1. The number of amides is 3. The Balaban J connectivity index is 1.69. The lowest BCUT2D eigenvalue weighted by Crippen LogP contribution is -2.36. The van der Waals surface area contributed by atoms with Crippen LogP contribution in [0.4, 0.5) is 10.5 Å². The van der Waals surface area contributed by atoms with E-state index in [1.165, 1.54) is 13.2 Å². The molecule has 0 radical (unpaired) electrons. The van der Waals surface area contributed by atoms with Crippen LogP contribution in [0.2, 0.25) is 0 Å². The lowest BCUT2D eigenvalue weighted by Gasteiger charge is -2.14. The van der Waals surface area contributed by atoms with Gasteiger partial charge in [-0.25, -0.2) is 0 Å². The van der Waals surface area contributed by atoms with Gasteiger partial charge in [-0.3, -0.25) is 19.3 Å². The van der Waals surface area contributed by atoms with Gasteiger partial charge in [0.15, 0.2) is 0 Å². The molecule has 0 atom stereocenters. The van der Waals surface area contributed by atoms with Crippen molar-refractivity contribution in [1.82, 2.24) is 4.90 Å². The second-order valence-electron chi connectivity index (χ2n) is 5.46. The predicted molar refractivity (Wildman–Crippen MR) is 97.7 cm³/mol. The van der Waals surface area contributed by atoms with Gasteiger partial charge in [0.25, 0.3) is 11.1 Å². The van der Waals surface area contributed by atoms with Crippen molar-refractivity contribution >= 4 is 40.6 Å². The molecule has 2 heterocycles. The first-order chi connectivity index (χ1) is 12.5. The number of nitrogens with one attached hydrogen (secondary N) is 1. The van der Waals surface area contributed by atoms with E-state index in [1.807, 2.05) is 0 Å². The van der Waals surface area contributed by atoms with E-state index in [2.05, 4.69) is 5.32 Å². The van der Waals surface area contributed by atoms with Crippen LogP contribution in [0.25, 0.3) is 6.08 Å². The fourth-order valence-corrected chi connectivity index (χ4v) is 3.20. The quantitative estimate of drug-likeness (QED) is 0.811. The number of imide groups is 1. The normalized spacial score (nSPS) is 15.6. The summed E-state index contributed by atoms with van der Waals surface area (Å²) in [7, 11) is 1.49. The van der Waals surface area contributed by atoms with Gasteiger partial charge in [-0.2, -0.15) is 0 Å². The van der Waals surface area contributed by atoms with Crippen molar-refractivity contribution in [2.45, 2.75) is 6.92 Å². The van der Waals surface area contributed by atoms with Crippen LogP contribution in [0.1, 0.15) is 11.5 Å². The number of thioether (sulfide) groups is 1. The van der Waals surface area contributed by atoms with Crippen molar-refractivity contribution < 1.29 is 23.5 Å². The number of benzene rings is 1. The minimum atomic E-state index is -0.524. The van der Waals surface area contributed by atoms with Crippen molar-refractivity contribution in [2.75, 3.05) is 19.0 Å². The number of methoxy groups -OCH3 is 1. The Morgan fingerprint density at radius 1 is 1.27 bits per heavy atom. The first kappa shape index (κ1) is 17.8. The highest BCUT2D eigenvalue weighted by Gasteiger charge is 2.36. The third-order valence-corrected chi connectivity index (χ3v) is 4.50. The van der Waals surface area contributed by atoms with Crippen LogP contribution < -0.4 is 10.1 Å². The molecule has 1 aromatic carbocycles.